The highest BCUT2D eigenvalue weighted by Gasteiger charge is 2.40. The van der Waals surface area contributed by atoms with Crippen LogP contribution in [0.1, 0.15) is 41.0 Å². The van der Waals surface area contributed by atoms with Gasteiger partial charge in [-0.1, -0.05) is 37.0 Å². The Labute approximate surface area is 173 Å². The molecule has 0 saturated carbocycles. The van der Waals surface area contributed by atoms with Crippen molar-refractivity contribution in [3.05, 3.63) is 33.3 Å². The van der Waals surface area contributed by atoms with Gasteiger partial charge in [-0.3, -0.25) is 19.3 Å². The predicted octanol–water partition coefficient (Wildman–Crippen LogP) is 2.26. The molecule has 0 radical (unpaired) electrons. The molecule has 1 aromatic carbocycles. The van der Waals surface area contributed by atoms with Crippen LogP contribution in [-0.4, -0.2) is 66.6 Å². The Hall–Kier alpha value is -1.64. The number of hydrogen-bond acceptors (Lipinski definition) is 5. The first-order valence-electron chi connectivity index (χ1n) is 8.85. The average Bonchev–Trinajstić information content (AvgIpc) is 3.06. The first-order valence-corrected chi connectivity index (χ1v) is 11.4. The molecule has 2 aliphatic rings. The van der Waals surface area contributed by atoms with E-state index in [9.17, 15) is 22.8 Å². The molecule has 0 aliphatic carbocycles. The number of imide groups is 1. The molecule has 1 fully saturated rings. The first-order chi connectivity index (χ1) is 13.0. The standard InChI is InChI=1S/C18H20Cl2N2O5S/c1-10(2)7-21(11-3-4-28(26,27)9-11)16(23)8-22-17(24)12-5-14(19)15(20)6-13(12)18(22)25/h5-6,10-11H,3-4,7-9H2,1-2H3. The van der Waals surface area contributed by atoms with Gasteiger partial charge in [0.15, 0.2) is 9.84 Å². The predicted molar refractivity (Wildman–Crippen MR) is 105 cm³/mol. The molecule has 0 N–H and O–H groups in total. The molecule has 1 atom stereocenters. The van der Waals surface area contributed by atoms with Crippen molar-refractivity contribution in [2.45, 2.75) is 26.3 Å². The van der Waals surface area contributed by atoms with E-state index in [1.54, 1.807) is 0 Å². The lowest BCUT2D eigenvalue weighted by atomic mass is 10.1. The fourth-order valence-electron chi connectivity index (χ4n) is 3.52. The van der Waals surface area contributed by atoms with Crippen LogP contribution in [0.3, 0.4) is 0 Å². The molecular weight excluding hydrogens is 427 g/mol. The van der Waals surface area contributed by atoms with Gasteiger partial charge < -0.3 is 4.90 Å². The zero-order chi connectivity index (χ0) is 20.8. The number of sulfone groups is 1. The molecule has 3 amide bonds. The number of fused-ring (bicyclic) bond motifs is 1. The van der Waals surface area contributed by atoms with Gasteiger partial charge in [0.25, 0.3) is 11.8 Å². The van der Waals surface area contributed by atoms with Crippen LogP contribution in [0, 0.1) is 5.92 Å². The van der Waals surface area contributed by atoms with Crippen molar-refractivity contribution >= 4 is 50.8 Å². The zero-order valence-corrected chi connectivity index (χ0v) is 17.8. The van der Waals surface area contributed by atoms with E-state index in [4.69, 9.17) is 23.2 Å². The molecule has 0 spiro atoms. The average molecular weight is 447 g/mol. The molecule has 10 heteroatoms. The highest BCUT2D eigenvalue weighted by Crippen LogP contribution is 2.31. The third-order valence-electron chi connectivity index (χ3n) is 4.84. The highest BCUT2D eigenvalue weighted by molar-refractivity contribution is 7.91. The van der Waals surface area contributed by atoms with Crippen LogP contribution < -0.4 is 0 Å². The Morgan fingerprint density at radius 2 is 1.71 bits per heavy atom. The minimum absolute atomic E-state index is 0.0313. The van der Waals surface area contributed by atoms with E-state index in [0.717, 1.165) is 4.90 Å². The van der Waals surface area contributed by atoms with E-state index in [-0.39, 0.29) is 38.6 Å². The van der Waals surface area contributed by atoms with Crippen molar-refractivity contribution in [2.75, 3.05) is 24.6 Å². The fourth-order valence-corrected chi connectivity index (χ4v) is 5.58. The molecule has 152 valence electrons. The second kappa shape index (κ2) is 7.65. The van der Waals surface area contributed by atoms with Gasteiger partial charge in [-0.2, -0.15) is 0 Å². The summed E-state index contributed by atoms with van der Waals surface area (Å²) < 4.78 is 23.7. The lowest BCUT2D eigenvalue weighted by molar-refractivity contribution is -0.134. The molecule has 1 saturated heterocycles. The van der Waals surface area contributed by atoms with Crippen molar-refractivity contribution in [3.63, 3.8) is 0 Å². The topological polar surface area (TPSA) is 91.8 Å². The van der Waals surface area contributed by atoms with Crippen molar-refractivity contribution in [3.8, 4) is 0 Å². The second-order valence-electron chi connectivity index (χ2n) is 7.51. The minimum atomic E-state index is -3.18. The number of nitrogens with zero attached hydrogens (tertiary/aromatic N) is 2. The Bertz CT molecular complexity index is 920. The van der Waals surface area contributed by atoms with Crippen molar-refractivity contribution in [2.24, 2.45) is 5.92 Å². The van der Waals surface area contributed by atoms with E-state index in [2.05, 4.69) is 0 Å². The number of amides is 3. The second-order valence-corrected chi connectivity index (χ2v) is 10.5. The maximum atomic E-state index is 12.9. The van der Waals surface area contributed by atoms with Crippen LogP contribution in [0.4, 0.5) is 0 Å². The lowest BCUT2D eigenvalue weighted by Gasteiger charge is -2.31. The summed E-state index contributed by atoms with van der Waals surface area (Å²) in [5.74, 6) is -1.65. The third-order valence-corrected chi connectivity index (χ3v) is 7.31. The van der Waals surface area contributed by atoms with Gasteiger partial charge in [0.1, 0.15) is 6.54 Å². The van der Waals surface area contributed by atoms with Crippen LogP contribution in [0.5, 0.6) is 0 Å². The van der Waals surface area contributed by atoms with Gasteiger partial charge >= 0.3 is 0 Å². The van der Waals surface area contributed by atoms with Gasteiger partial charge in [0.05, 0.1) is 32.7 Å². The Morgan fingerprint density at radius 1 is 1.18 bits per heavy atom. The number of rotatable bonds is 5. The smallest absolute Gasteiger partial charge is 0.262 e. The monoisotopic (exact) mass is 446 g/mol. The first kappa shape index (κ1) is 21.1. The summed E-state index contributed by atoms with van der Waals surface area (Å²) in [5, 5.41) is 0.291. The van der Waals surface area contributed by atoms with Gasteiger partial charge in [-0.25, -0.2) is 8.42 Å². The molecule has 2 heterocycles. The maximum absolute atomic E-state index is 12.9. The van der Waals surface area contributed by atoms with Crippen LogP contribution in [0.15, 0.2) is 12.1 Å². The third kappa shape index (κ3) is 4.04. The molecule has 3 rings (SSSR count). The molecule has 0 bridgehead atoms. The summed E-state index contributed by atoms with van der Waals surface area (Å²) >= 11 is 11.9. The molecule has 1 aromatic rings. The normalized spacial score (nSPS) is 20.8. The highest BCUT2D eigenvalue weighted by atomic mass is 35.5. The zero-order valence-electron chi connectivity index (χ0n) is 15.4. The molecular formula is C18H20Cl2N2O5S. The summed E-state index contributed by atoms with van der Waals surface area (Å²) in [7, 11) is -3.18. The van der Waals surface area contributed by atoms with Crippen LogP contribution in [0.2, 0.25) is 10.0 Å². The summed E-state index contributed by atoms with van der Waals surface area (Å²) in [5.41, 5.74) is 0.206. The number of hydrogen-bond donors (Lipinski definition) is 0. The molecule has 1 unspecified atom stereocenters. The van der Waals surface area contributed by atoms with Crippen molar-refractivity contribution < 1.29 is 22.8 Å². The summed E-state index contributed by atoms with van der Waals surface area (Å²) in [4.78, 5) is 40.5. The maximum Gasteiger partial charge on any atom is 0.262 e. The van der Waals surface area contributed by atoms with E-state index >= 15 is 0 Å². The molecule has 7 nitrogen and oxygen atoms in total. The Balaban J connectivity index is 1.82. The van der Waals surface area contributed by atoms with E-state index in [1.807, 2.05) is 13.8 Å². The van der Waals surface area contributed by atoms with Gasteiger partial charge in [0.2, 0.25) is 5.91 Å². The number of benzene rings is 1. The summed E-state index contributed by atoms with van der Waals surface area (Å²) in [6.07, 6.45) is 0.355. The van der Waals surface area contributed by atoms with Crippen molar-refractivity contribution in [1.82, 2.24) is 9.80 Å². The van der Waals surface area contributed by atoms with Crippen LogP contribution in [-0.2, 0) is 14.6 Å². The van der Waals surface area contributed by atoms with E-state index in [1.165, 1.54) is 17.0 Å². The SMILES string of the molecule is CC(C)CN(C(=O)CN1C(=O)c2cc(Cl)c(Cl)cc2C1=O)C1CCS(=O)(=O)C1. The van der Waals surface area contributed by atoms with E-state index in [0.29, 0.717) is 13.0 Å². The lowest BCUT2D eigenvalue weighted by Crippen LogP contribution is -2.48. The Kier molecular flexibility index (Phi) is 5.76. The largest absolute Gasteiger partial charge is 0.337 e. The van der Waals surface area contributed by atoms with E-state index < -0.39 is 40.1 Å². The van der Waals surface area contributed by atoms with Gasteiger partial charge in [-0.15, -0.1) is 0 Å². The summed E-state index contributed by atoms with van der Waals surface area (Å²) in [6, 6.07) is 2.19. The molecule has 2 aliphatic heterocycles. The number of halogens is 2. The van der Waals surface area contributed by atoms with Crippen LogP contribution in [0.25, 0.3) is 0 Å². The van der Waals surface area contributed by atoms with Crippen molar-refractivity contribution in [1.29, 1.82) is 0 Å². The quantitative estimate of drug-likeness (QED) is 0.646. The fraction of sp³-hybridized carbons (Fsp3) is 0.500. The van der Waals surface area contributed by atoms with Crippen LogP contribution >= 0.6 is 23.2 Å². The minimum Gasteiger partial charge on any atom is -0.337 e. The summed E-state index contributed by atoms with van der Waals surface area (Å²) in [6.45, 7) is 3.72. The number of carbonyl (C=O) groups is 3. The Morgan fingerprint density at radius 3 is 2.14 bits per heavy atom. The van der Waals surface area contributed by atoms with Gasteiger partial charge in [-0.05, 0) is 24.5 Å². The van der Waals surface area contributed by atoms with Gasteiger partial charge in [0, 0.05) is 12.6 Å². The molecule has 28 heavy (non-hydrogen) atoms. The number of carbonyl (C=O) groups excluding carboxylic acids is 3. The molecule has 0 aromatic heterocycles.